The third-order valence-corrected chi connectivity index (χ3v) is 6.36. The Hall–Kier alpha value is -2.78. The van der Waals surface area contributed by atoms with E-state index in [0.717, 1.165) is 26.6 Å². The van der Waals surface area contributed by atoms with Crippen molar-refractivity contribution in [1.82, 2.24) is 9.62 Å². The molecule has 2 amide bonds. The van der Waals surface area contributed by atoms with Crippen LogP contribution >= 0.6 is 0 Å². The molecule has 1 N–H and O–H groups in total. The fourth-order valence-electron chi connectivity index (χ4n) is 3.49. The predicted octanol–water partition coefficient (Wildman–Crippen LogP) is 1.82. The molecule has 0 saturated carbocycles. The zero-order valence-electron chi connectivity index (χ0n) is 17.1. The van der Waals surface area contributed by atoms with Crippen molar-refractivity contribution in [2.24, 2.45) is 0 Å². The van der Waals surface area contributed by atoms with Gasteiger partial charge in [0.1, 0.15) is 11.4 Å². The molecule has 2 aromatic carbocycles. The topological polar surface area (TPSA) is 86.8 Å². The standard InChI is InChI=1S/C21H24FN3O4S/c1-15-8-10-16(11-9-15)12-23-20(27)21(2)14-24(30(3,28)29)13-19(26)25(21)18-7-5-4-6-17(18)22/h4-11H,12-14H2,1-3H3,(H,23,27)/t21-/m1/s1. The number of piperazine rings is 1. The van der Waals surface area contributed by atoms with Gasteiger partial charge < -0.3 is 5.32 Å². The molecule has 30 heavy (non-hydrogen) atoms. The second-order valence-corrected chi connectivity index (χ2v) is 9.64. The van der Waals surface area contributed by atoms with E-state index in [0.29, 0.717) is 0 Å². The molecule has 1 atom stereocenters. The molecular weight excluding hydrogens is 409 g/mol. The summed E-state index contributed by atoms with van der Waals surface area (Å²) in [6.45, 7) is 2.83. The largest absolute Gasteiger partial charge is 0.350 e. The van der Waals surface area contributed by atoms with Crippen molar-refractivity contribution in [3.05, 3.63) is 65.5 Å². The highest BCUT2D eigenvalue weighted by Gasteiger charge is 2.50. The molecule has 0 spiro atoms. The minimum absolute atomic E-state index is 0.0661. The van der Waals surface area contributed by atoms with Crippen molar-refractivity contribution in [1.29, 1.82) is 0 Å². The zero-order valence-corrected chi connectivity index (χ0v) is 17.9. The van der Waals surface area contributed by atoms with Gasteiger partial charge in [-0.25, -0.2) is 12.8 Å². The SMILES string of the molecule is Cc1ccc(CNC(=O)[C@@]2(C)CN(S(C)(=O)=O)CC(=O)N2c2ccccc2F)cc1. The van der Waals surface area contributed by atoms with Crippen LogP contribution in [0, 0.1) is 12.7 Å². The smallest absolute Gasteiger partial charge is 0.247 e. The Bertz CT molecular complexity index is 1070. The van der Waals surface area contributed by atoms with Gasteiger partial charge in [-0.2, -0.15) is 4.31 Å². The fraction of sp³-hybridized carbons (Fsp3) is 0.333. The van der Waals surface area contributed by atoms with Gasteiger partial charge in [-0.05, 0) is 31.5 Å². The summed E-state index contributed by atoms with van der Waals surface area (Å²) in [7, 11) is -3.74. The molecule has 1 fully saturated rings. The lowest BCUT2D eigenvalue weighted by atomic mass is 9.94. The molecule has 1 heterocycles. The number of hydrogen-bond acceptors (Lipinski definition) is 4. The van der Waals surface area contributed by atoms with Crippen LogP contribution in [0.1, 0.15) is 18.1 Å². The number of halogens is 1. The molecule has 160 valence electrons. The highest BCUT2D eigenvalue weighted by atomic mass is 32.2. The van der Waals surface area contributed by atoms with Crippen molar-refractivity contribution >= 4 is 27.5 Å². The number of amides is 2. The normalized spacial score (nSPS) is 20.3. The Morgan fingerprint density at radius 3 is 2.40 bits per heavy atom. The average molecular weight is 434 g/mol. The number of hydrogen-bond donors (Lipinski definition) is 1. The Balaban J connectivity index is 1.96. The van der Waals surface area contributed by atoms with Crippen molar-refractivity contribution in [3.63, 3.8) is 0 Å². The first-order valence-corrected chi connectivity index (χ1v) is 11.2. The van der Waals surface area contributed by atoms with E-state index in [1.165, 1.54) is 25.1 Å². The number of rotatable bonds is 5. The molecule has 0 radical (unpaired) electrons. The molecule has 1 aliphatic heterocycles. The van der Waals surface area contributed by atoms with Gasteiger partial charge in [0.2, 0.25) is 21.8 Å². The number of anilines is 1. The number of nitrogens with zero attached hydrogens (tertiary/aromatic N) is 2. The molecule has 0 unspecified atom stereocenters. The van der Waals surface area contributed by atoms with Gasteiger partial charge >= 0.3 is 0 Å². The Kier molecular flexibility index (Phi) is 5.96. The number of carbonyl (C=O) groups is 2. The number of benzene rings is 2. The van der Waals surface area contributed by atoms with E-state index in [2.05, 4.69) is 5.32 Å². The Morgan fingerprint density at radius 1 is 1.17 bits per heavy atom. The second kappa shape index (κ2) is 8.16. The minimum Gasteiger partial charge on any atom is -0.350 e. The van der Waals surface area contributed by atoms with E-state index in [1.807, 2.05) is 31.2 Å². The average Bonchev–Trinajstić information content (AvgIpc) is 2.67. The molecule has 3 rings (SSSR count). The quantitative estimate of drug-likeness (QED) is 0.779. The van der Waals surface area contributed by atoms with E-state index in [-0.39, 0.29) is 18.8 Å². The molecule has 9 heteroatoms. The molecule has 0 bridgehead atoms. The van der Waals surface area contributed by atoms with E-state index >= 15 is 0 Å². The lowest BCUT2D eigenvalue weighted by Gasteiger charge is -2.46. The highest BCUT2D eigenvalue weighted by Crippen LogP contribution is 2.32. The fourth-order valence-corrected chi connectivity index (χ4v) is 4.32. The molecule has 1 saturated heterocycles. The molecule has 7 nitrogen and oxygen atoms in total. The van der Waals surface area contributed by atoms with Gasteiger partial charge in [0.25, 0.3) is 0 Å². The van der Waals surface area contributed by atoms with Crippen molar-refractivity contribution in [2.75, 3.05) is 24.2 Å². The summed E-state index contributed by atoms with van der Waals surface area (Å²) < 4.78 is 39.7. The van der Waals surface area contributed by atoms with Crippen LogP contribution in [0.2, 0.25) is 0 Å². The number of aryl methyl sites for hydroxylation is 1. The minimum atomic E-state index is -3.74. The Morgan fingerprint density at radius 2 is 1.80 bits per heavy atom. The second-order valence-electron chi connectivity index (χ2n) is 7.65. The van der Waals surface area contributed by atoms with E-state index in [1.54, 1.807) is 6.07 Å². The third-order valence-electron chi connectivity index (χ3n) is 5.16. The summed E-state index contributed by atoms with van der Waals surface area (Å²) in [6.07, 6.45) is 0.976. The van der Waals surface area contributed by atoms with Crippen LogP contribution in [0.5, 0.6) is 0 Å². The van der Waals surface area contributed by atoms with Crippen LogP contribution < -0.4 is 10.2 Å². The monoisotopic (exact) mass is 433 g/mol. The number of carbonyl (C=O) groups excluding carboxylic acids is 2. The summed E-state index contributed by atoms with van der Waals surface area (Å²) in [6, 6.07) is 13.2. The van der Waals surface area contributed by atoms with Crippen molar-refractivity contribution < 1.29 is 22.4 Å². The van der Waals surface area contributed by atoms with Gasteiger partial charge in [-0.1, -0.05) is 42.0 Å². The maximum Gasteiger partial charge on any atom is 0.247 e. The summed E-state index contributed by atoms with van der Waals surface area (Å²) in [5.74, 6) is -1.92. The summed E-state index contributed by atoms with van der Waals surface area (Å²) >= 11 is 0. The van der Waals surface area contributed by atoms with Crippen LogP contribution in [-0.4, -0.2) is 49.4 Å². The number of nitrogens with one attached hydrogen (secondary N) is 1. The van der Waals surface area contributed by atoms with Crippen LogP contribution in [0.4, 0.5) is 10.1 Å². The summed E-state index contributed by atoms with van der Waals surface area (Å²) in [5.41, 5.74) is 0.218. The van der Waals surface area contributed by atoms with Crippen molar-refractivity contribution in [2.45, 2.75) is 25.9 Å². The van der Waals surface area contributed by atoms with Gasteiger partial charge in [0, 0.05) is 13.1 Å². The lowest BCUT2D eigenvalue weighted by Crippen LogP contribution is -2.70. The van der Waals surface area contributed by atoms with E-state index in [9.17, 15) is 22.4 Å². The number of sulfonamides is 1. The molecule has 0 aliphatic carbocycles. The number of para-hydroxylation sites is 1. The van der Waals surface area contributed by atoms with Crippen LogP contribution in [0.25, 0.3) is 0 Å². The summed E-state index contributed by atoms with van der Waals surface area (Å²) in [5, 5.41) is 2.76. The molecule has 2 aromatic rings. The maximum atomic E-state index is 14.5. The lowest BCUT2D eigenvalue weighted by molar-refractivity contribution is -0.133. The van der Waals surface area contributed by atoms with Crippen molar-refractivity contribution in [3.8, 4) is 0 Å². The third kappa shape index (κ3) is 4.36. The summed E-state index contributed by atoms with van der Waals surface area (Å²) in [4.78, 5) is 27.2. The zero-order chi connectivity index (χ0) is 22.1. The highest BCUT2D eigenvalue weighted by molar-refractivity contribution is 7.88. The molecular formula is C21H24FN3O4S. The maximum absolute atomic E-state index is 14.5. The van der Waals surface area contributed by atoms with Crippen LogP contribution in [0.3, 0.4) is 0 Å². The predicted molar refractivity (Wildman–Crippen MR) is 112 cm³/mol. The van der Waals surface area contributed by atoms with E-state index < -0.39 is 39.7 Å². The van der Waals surface area contributed by atoms with Crippen LogP contribution in [0.15, 0.2) is 48.5 Å². The van der Waals surface area contributed by atoms with Gasteiger partial charge in [0.05, 0.1) is 18.5 Å². The van der Waals surface area contributed by atoms with Crippen LogP contribution in [-0.2, 0) is 26.2 Å². The Labute approximate surface area is 175 Å². The first kappa shape index (κ1) is 21.9. The van der Waals surface area contributed by atoms with E-state index in [4.69, 9.17) is 0 Å². The first-order chi connectivity index (χ1) is 14.0. The van der Waals surface area contributed by atoms with Gasteiger partial charge in [-0.15, -0.1) is 0 Å². The van der Waals surface area contributed by atoms with Gasteiger partial charge in [-0.3, -0.25) is 14.5 Å². The molecule has 0 aromatic heterocycles. The first-order valence-electron chi connectivity index (χ1n) is 9.39. The van der Waals surface area contributed by atoms with Gasteiger partial charge in [0.15, 0.2) is 0 Å². The molecule has 1 aliphatic rings.